The van der Waals surface area contributed by atoms with E-state index in [1.165, 1.54) is 5.56 Å². The molecule has 116 valence electrons. The molecule has 0 aliphatic carbocycles. The molecule has 0 spiro atoms. The van der Waals surface area contributed by atoms with Gasteiger partial charge in [0.15, 0.2) is 0 Å². The zero-order valence-corrected chi connectivity index (χ0v) is 15.1. The number of hydrogen-bond donors (Lipinski definition) is 0. The van der Waals surface area contributed by atoms with Crippen LogP contribution in [0.4, 0.5) is 4.79 Å². The number of ether oxygens (including phenoxy) is 2. The van der Waals surface area contributed by atoms with E-state index in [0.717, 1.165) is 33.1 Å². The Morgan fingerprint density at radius 2 is 1.95 bits per heavy atom. The van der Waals surface area contributed by atoms with Gasteiger partial charge in [0.05, 0.1) is 0 Å². The van der Waals surface area contributed by atoms with Crippen LogP contribution in [0.1, 0.15) is 16.7 Å². The maximum atomic E-state index is 11.5. The Bertz CT molecular complexity index is 686. The minimum absolute atomic E-state index is 0.322. The molecule has 3 nitrogen and oxygen atoms in total. The average molecular weight is 381 g/mol. The Morgan fingerprint density at radius 3 is 2.64 bits per heavy atom. The van der Waals surface area contributed by atoms with Gasteiger partial charge in [0.2, 0.25) is 0 Å². The van der Waals surface area contributed by atoms with Crippen molar-refractivity contribution in [1.82, 2.24) is 0 Å². The summed E-state index contributed by atoms with van der Waals surface area (Å²) in [5.74, 6) is 1.34. The van der Waals surface area contributed by atoms with Gasteiger partial charge in [0, 0.05) is 10.0 Å². The summed E-state index contributed by atoms with van der Waals surface area (Å²) in [5, 5.41) is -0.342. The normalized spacial score (nSPS) is 10.4. The minimum Gasteiger partial charge on any atom is -0.488 e. The molecule has 2 rings (SSSR count). The molecule has 0 aliphatic heterocycles. The molecule has 0 radical (unpaired) electrons. The Hall–Kier alpha value is -1.46. The van der Waals surface area contributed by atoms with Crippen molar-refractivity contribution >= 4 is 33.0 Å². The van der Waals surface area contributed by atoms with Gasteiger partial charge >= 0.3 is 5.30 Å². The van der Waals surface area contributed by atoms with Gasteiger partial charge in [0.1, 0.15) is 18.1 Å². The van der Waals surface area contributed by atoms with Crippen LogP contribution >= 0.6 is 27.7 Å². The van der Waals surface area contributed by atoms with Crippen LogP contribution in [0.2, 0.25) is 0 Å². The van der Waals surface area contributed by atoms with Crippen molar-refractivity contribution in [3.63, 3.8) is 0 Å². The predicted octanol–water partition coefficient (Wildman–Crippen LogP) is 5.51. The van der Waals surface area contributed by atoms with Gasteiger partial charge in [-0.15, -0.1) is 0 Å². The van der Waals surface area contributed by atoms with Crippen LogP contribution in [0, 0.1) is 13.8 Å². The molecule has 0 saturated heterocycles. The zero-order chi connectivity index (χ0) is 16.1. The number of carbonyl (C=O) groups excluding carboxylic acids is 1. The van der Waals surface area contributed by atoms with Gasteiger partial charge in [-0.2, -0.15) is 0 Å². The molecule has 22 heavy (non-hydrogen) atoms. The standard InChI is InChI=1S/C17H17BrO3S/c1-11-7-8-15(12(2)9-11)20-10-13-14(18)5-4-6-16(13)21-17(19)22-3/h4-9H,10H2,1-3H3. The number of thioether (sulfide) groups is 1. The highest BCUT2D eigenvalue weighted by Gasteiger charge is 2.13. The van der Waals surface area contributed by atoms with Crippen molar-refractivity contribution in [1.29, 1.82) is 0 Å². The lowest BCUT2D eigenvalue weighted by Gasteiger charge is -2.14. The molecule has 0 amide bonds. The molecule has 0 fully saturated rings. The first-order valence-corrected chi connectivity index (χ1v) is 8.76. The van der Waals surface area contributed by atoms with Gasteiger partial charge < -0.3 is 9.47 Å². The first kappa shape index (κ1) is 16.9. The monoisotopic (exact) mass is 380 g/mol. The van der Waals surface area contributed by atoms with Crippen molar-refractivity contribution in [2.75, 3.05) is 6.26 Å². The maximum absolute atomic E-state index is 11.5. The summed E-state index contributed by atoms with van der Waals surface area (Å²) >= 11 is 4.52. The third-order valence-electron chi connectivity index (χ3n) is 3.14. The van der Waals surface area contributed by atoms with Crippen LogP contribution < -0.4 is 9.47 Å². The number of rotatable bonds is 4. The number of aryl methyl sites for hydroxylation is 2. The zero-order valence-electron chi connectivity index (χ0n) is 12.7. The molecule has 0 bridgehead atoms. The van der Waals surface area contributed by atoms with Gasteiger partial charge in [-0.25, -0.2) is 4.79 Å². The highest BCUT2D eigenvalue weighted by molar-refractivity contribution is 9.10. The van der Waals surface area contributed by atoms with Crippen LogP contribution in [0.5, 0.6) is 11.5 Å². The fraction of sp³-hybridized carbons (Fsp3) is 0.235. The molecule has 0 saturated carbocycles. The lowest BCUT2D eigenvalue weighted by Crippen LogP contribution is -2.05. The Labute approximate surface area is 143 Å². The summed E-state index contributed by atoms with van der Waals surface area (Å²) in [4.78, 5) is 11.5. The Kier molecular flexibility index (Phi) is 5.91. The summed E-state index contributed by atoms with van der Waals surface area (Å²) in [5.41, 5.74) is 3.08. The minimum atomic E-state index is -0.342. The molecule has 2 aromatic rings. The first-order valence-electron chi connectivity index (χ1n) is 6.74. The lowest BCUT2D eigenvalue weighted by atomic mass is 10.1. The molecule has 0 unspecified atom stereocenters. The molecule has 2 aromatic carbocycles. The van der Waals surface area contributed by atoms with E-state index in [4.69, 9.17) is 9.47 Å². The maximum Gasteiger partial charge on any atom is 0.372 e. The second-order valence-corrected chi connectivity index (χ2v) is 6.43. The molecule has 0 aromatic heterocycles. The van der Waals surface area contributed by atoms with E-state index in [-0.39, 0.29) is 5.30 Å². The number of hydrogen-bond acceptors (Lipinski definition) is 4. The summed E-state index contributed by atoms with van der Waals surface area (Å²) < 4.78 is 12.1. The fourth-order valence-corrected chi connectivity index (χ4v) is 2.65. The quantitative estimate of drug-likeness (QED) is 0.655. The van der Waals surface area contributed by atoms with Crippen LogP contribution in [-0.4, -0.2) is 11.6 Å². The highest BCUT2D eigenvalue weighted by atomic mass is 79.9. The smallest absolute Gasteiger partial charge is 0.372 e. The average Bonchev–Trinajstić information content (AvgIpc) is 2.48. The molecule has 0 aliphatic rings. The fourth-order valence-electron chi connectivity index (χ4n) is 2.02. The Balaban J connectivity index is 2.19. The van der Waals surface area contributed by atoms with E-state index in [1.807, 2.05) is 38.1 Å². The van der Waals surface area contributed by atoms with Crippen molar-refractivity contribution in [2.24, 2.45) is 0 Å². The van der Waals surface area contributed by atoms with Crippen molar-refractivity contribution < 1.29 is 14.3 Å². The van der Waals surface area contributed by atoms with Crippen molar-refractivity contribution in [3.8, 4) is 11.5 Å². The molecular weight excluding hydrogens is 364 g/mol. The molecule has 0 atom stereocenters. The van der Waals surface area contributed by atoms with Gasteiger partial charge in [-0.1, -0.05) is 39.7 Å². The van der Waals surface area contributed by atoms with Crippen LogP contribution in [-0.2, 0) is 6.61 Å². The van der Waals surface area contributed by atoms with Crippen LogP contribution in [0.15, 0.2) is 40.9 Å². The van der Waals surface area contributed by atoms with Gasteiger partial charge in [-0.05, 0) is 55.6 Å². The largest absolute Gasteiger partial charge is 0.488 e. The van der Waals surface area contributed by atoms with Gasteiger partial charge in [-0.3, -0.25) is 0 Å². The molecule has 5 heteroatoms. The Morgan fingerprint density at radius 1 is 1.18 bits per heavy atom. The summed E-state index contributed by atoms with van der Waals surface area (Å²) in [6.07, 6.45) is 1.69. The van der Waals surface area contributed by atoms with E-state index in [1.54, 1.807) is 12.3 Å². The summed E-state index contributed by atoms with van der Waals surface area (Å²) in [6.45, 7) is 4.38. The number of halogens is 1. The van der Waals surface area contributed by atoms with Crippen molar-refractivity contribution in [3.05, 3.63) is 57.6 Å². The van der Waals surface area contributed by atoms with E-state index >= 15 is 0 Å². The molecule has 0 heterocycles. The van der Waals surface area contributed by atoms with Crippen molar-refractivity contribution in [2.45, 2.75) is 20.5 Å². The first-order chi connectivity index (χ1) is 10.5. The second kappa shape index (κ2) is 7.70. The van der Waals surface area contributed by atoms with Crippen LogP contribution in [0.3, 0.4) is 0 Å². The van der Waals surface area contributed by atoms with Crippen LogP contribution in [0.25, 0.3) is 0 Å². The third-order valence-corrected chi connectivity index (χ3v) is 4.30. The summed E-state index contributed by atoms with van der Waals surface area (Å²) in [7, 11) is 0. The van der Waals surface area contributed by atoms with Gasteiger partial charge in [0.25, 0.3) is 0 Å². The number of carbonyl (C=O) groups is 1. The van der Waals surface area contributed by atoms with E-state index in [2.05, 4.69) is 22.0 Å². The van der Waals surface area contributed by atoms with E-state index < -0.39 is 0 Å². The highest BCUT2D eigenvalue weighted by Crippen LogP contribution is 2.30. The third kappa shape index (κ3) is 4.27. The number of benzene rings is 2. The SMILES string of the molecule is CSC(=O)Oc1cccc(Br)c1COc1ccc(C)cc1C. The predicted molar refractivity (Wildman–Crippen MR) is 93.9 cm³/mol. The van der Waals surface area contributed by atoms with E-state index in [0.29, 0.717) is 12.4 Å². The van der Waals surface area contributed by atoms with E-state index in [9.17, 15) is 4.79 Å². The molecular formula is C17H17BrO3S. The second-order valence-electron chi connectivity index (χ2n) is 4.83. The molecule has 0 N–H and O–H groups in total. The lowest BCUT2D eigenvalue weighted by molar-refractivity contribution is 0.225. The topological polar surface area (TPSA) is 35.5 Å². The summed E-state index contributed by atoms with van der Waals surface area (Å²) in [6, 6.07) is 11.5.